The largest absolute Gasteiger partial charge is 3.00 e. The number of hydrogen-bond donors (Lipinski definition) is 3. The third-order valence-corrected chi connectivity index (χ3v) is 0. The molecule has 13 heavy (non-hydrogen) atoms. The van der Waals surface area contributed by atoms with Gasteiger partial charge in [-0.1, -0.05) is 0 Å². The Bertz CT molecular complexity index is 112. The van der Waals surface area contributed by atoms with Crippen LogP contribution in [0.4, 0.5) is 0 Å². The van der Waals surface area contributed by atoms with Crippen LogP contribution in [0.25, 0.3) is 0 Å². The van der Waals surface area contributed by atoms with Crippen molar-refractivity contribution >= 4 is 0 Å². The van der Waals surface area contributed by atoms with Crippen LogP contribution in [0.3, 0.4) is 0 Å². The molecule has 0 aromatic carbocycles. The summed E-state index contributed by atoms with van der Waals surface area (Å²) in [5.41, 5.74) is 0. The van der Waals surface area contributed by atoms with Gasteiger partial charge in [-0.2, -0.15) is 0 Å². The molecule has 0 atom stereocenters. The van der Waals surface area contributed by atoms with Crippen molar-refractivity contribution in [3.05, 3.63) is 30.3 Å². The molecule has 0 saturated heterocycles. The summed E-state index contributed by atoms with van der Waals surface area (Å²) in [6.45, 7) is 0. The van der Waals surface area contributed by atoms with E-state index in [0.29, 0.717) is 0 Å². The van der Waals surface area contributed by atoms with Crippen molar-refractivity contribution in [1.29, 1.82) is 0 Å². The standard InChI is InChI=1S/Eu.3HNO3/c;3*2-1(3)4/h;3*(H,2,3,4)/q+3;;;. The molecule has 13 heteroatoms. The van der Waals surface area contributed by atoms with Crippen molar-refractivity contribution in [2.75, 3.05) is 0 Å². The molecule has 0 unspecified atom stereocenters. The van der Waals surface area contributed by atoms with Crippen LogP contribution in [0.15, 0.2) is 0 Å². The Balaban J connectivity index is -0.0000000450. The third kappa shape index (κ3) is 1420. The predicted molar refractivity (Wildman–Crippen MR) is 26.3 cm³/mol. The molecule has 0 bridgehead atoms. The maximum absolute atomic E-state index is 8.36. The summed E-state index contributed by atoms with van der Waals surface area (Å²) in [5, 5.41) is 40.9. The molecule has 76 valence electrons. The van der Waals surface area contributed by atoms with Gasteiger partial charge in [0, 0.05) is 0 Å². The molecular formula is H3EuN3O9+3. The van der Waals surface area contributed by atoms with Gasteiger partial charge >= 0.3 is 49.4 Å². The molecule has 0 aliphatic rings. The van der Waals surface area contributed by atoms with Gasteiger partial charge in [-0.05, 0) is 0 Å². The van der Waals surface area contributed by atoms with E-state index in [1.54, 1.807) is 0 Å². The van der Waals surface area contributed by atoms with E-state index in [1.165, 1.54) is 0 Å². The SMILES string of the molecule is O=[N+]([O-])O.O=[N+]([O-])O.O=[N+]([O-])O.[Eu+3]. The average Bonchev–Trinajstić information content (AvgIpc) is 1.54. The smallest absolute Gasteiger partial charge is 0.328 e. The van der Waals surface area contributed by atoms with E-state index >= 15 is 0 Å². The predicted octanol–water partition coefficient (Wildman–Crippen LogP) is -1.04. The van der Waals surface area contributed by atoms with Crippen molar-refractivity contribution < 1.29 is 80.3 Å². The Kier molecular flexibility index (Phi) is 30.3. The summed E-state index contributed by atoms with van der Waals surface area (Å²) in [6, 6.07) is 0. The Morgan fingerprint density at radius 2 is 0.692 bits per heavy atom. The van der Waals surface area contributed by atoms with Crippen molar-refractivity contribution in [2.45, 2.75) is 0 Å². The summed E-state index contributed by atoms with van der Waals surface area (Å²) in [5.74, 6) is 0. The summed E-state index contributed by atoms with van der Waals surface area (Å²) in [6.07, 6.45) is 0. The van der Waals surface area contributed by atoms with E-state index in [0.717, 1.165) is 0 Å². The van der Waals surface area contributed by atoms with E-state index < -0.39 is 15.3 Å². The van der Waals surface area contributed by atoms with Gasteiger partial charge < -0.3 is 15.6 Å². The minimum absolute atomic E-state index is 0. The second kappa shape index (κ2) is 17.3. The van der Waals surface area contributed by atoms with Gasteiger partial charge in [0.05, 0.1) is 0 Å². The normalized spacial score (nSPS) is 5.54. The van der Waals surface area contributed by atoms with Gasteiger partial charge in [-0.25, -0.2) is 0 Å². The summed E-state index contributed by atoms with van der Waals surface area (Å²) in [4.78, 5) is 25.1. The maximum Gasteiger partial charge on any atom is 3.00 e. The van der Waals surface area contributed by atoms with E-state index in [9.17, 15) is 0 Å². The zero-order valence-corrected chi connectivity index (χ0v) is 7.94. The van der Waals surface area contributed by atoms with Crippen molar-refractivity contribution in [3.63, 3.8) is 0 Å². The number of nitrogens with zero attached hydrogens (tertiary/aromatic N) is 3. The van der Waals surface area contributed by atoms with Crippen LogP contribution >= 0.6 is 0 Å². The first-order chi connectivity index (χ1) is 5.20. The second-order valence-electron chi connectivity index (χ2n) is 0.714. The van der Waals surface area contributed by atoms with Crippen LogP contribution < -0.4 is 0 Å². The van der Waals surface area contributed by atoms with Gasteiger partial charge in [0.25, 0.3) is 15.3 Å². The third-order valence-electron chi connectivity index (χ3n) is 0. The molecule has 0 saturated carbocycles. The van der Waals surface area contributed by atoms with Gasteiger partial charge in [-0.15, -0.1) is 30.3 Å². The van der Waals surface area contributed by atoms with Crippen molar-refractivity contribution in [2.24, 2.45) is 0 Å². The molecule has 0 fully saturated rings. The monoisotopic (exact) mass is 342 g/mol. The van der Waals surface area contributed by atoms with Crippen LogP contribution in [0.2, 0.25) is 0 Å². The molecule has 0 aromatic rings. The van der Waals surface area contributed by atoms with Gasteiger partial charge in [0.1, 0.15) is 0 Å². The van der Waals surface area contributed by atoms with Gasteiger partial charge in [0.15, 0.2) is 0 Å². The Hall–Kier alpha value is -0.816. The molecule has 0 rings (SSSR count). The zero-order valence-electron chi connectivity index (χ0n) is 5.51. The second-order valence-corrected chi connectivity index (χ2v) is 0.714. The van der Waals surface area contributed by atoms with Gasteiger partial charge in [-0.3, -0.25) is 0 Å². The van der Waals surface area contributed by atoms with Crippen LogP contribution in [0.5, 0.6) is 0 Å². The Morgan fingerprint density at radius 1 is 0.692 bits per heavy atom. The Labute approximate surface area is 110 Å². The first kappa shape index (κ1) is 22.8. The quantitative estimate of drug-likeness (QED) is 0.364. The van der Waals surface area contributed by atoms with Crippen molar-refractivity contribution in [1.82, 2.24) is 0 Å². The van der Waals surface area contributed by atoms with Crippen LogP contribution in [0.1, 0.15) is 0 Å². The molecule has 0 radical (unpaired) electrons. The van der Waals surface area contributed by atoms with E-state index in [4.69, 9.17) is 46.0 Å². The summed E-state index contributed by atoms with van der Waals surface area (Å²) in [7, 11) is 0. The Morgan fingerprint density at radius 3 is 0.692 bits per heavy atom. The minimum atomic E-state index is -1.50. The molecule has 0 amide bonds. The first-order valence-corrected chi connectivity index (χ1v) is 1.70. The summed E-state index contributed by atoms with van der Waals surface area (Å²) < 4.78 is 0. The first-order valence-electron chi connectivity index (χ1n) is 1.70. The topological polar surface area (TPSA) is 190 Å². The maximum atomic E-state index is 8.36. The fourth-order valence-corrected chi connectivity index (χ4v) is 0. The molecule has 0 spiro atoms. The van der Waals surface area contributed by atoms with Crippen LogP contribution in [0, 0.1) is 79.7 Å². The van der Waals surface area contributed by atoms with E-state index in [1.807, 2.05) is 0 Å². The number of hydrogen-bond acceptors (Lipinski definition) is 6. The molecular weight excluding hydrogens is 338 g/mol. The molecule has 0 aliphatic carbocycles. The fourth-order valence-electron chi connectivity index (χ4n) is 0. The molecule has 12 nitrogen and oxygen atoms in total. The minimum Gasteiger partial charge on any atom is -0.328 e. The molecule has 3 N–H and O–H groups in total. The molecule has 0 aromatic heterocycles. The average molecular weight is 341 g/mol. The van der Waals surface area contributed by atoms with E-state index in [2.05, 4.69) is 0 Å². The molecule has 0 aliphatic heterocycles. The fraction of sp³-hybridized carbons (Fsp3) is 0. The van der Waals surface area contributed by atoms with Gasteiger partial charge in [0.2, 0.25) is 0 Å². The van der Waals surface area contributed by atoms with Crippen molar-refractivity contribution in [3.8, 4) is 0 Å². The number of rotatable bonds is 0. The molecule has 0 heterocycles. The summed E-state index contributed by atoms with van der Waals surface area (Å²) >= 11 is 0. The zero-order chi connectivity index (χ0) is 10.7. The van der Waals surface area contributed by atoms with Crippen LogP contribution in [-0.4, -0.2) is 30.9 Å². The van der Waals surface area contributed by atoms with E-state index in [-0.39, 0.29) is 49.4 Å². The van der Waals surface area contributed by atoms with Crippen LogP contribution in [-0.2, 0) is 0 Å².